The molecule has 0 aliphatic rings. The standard InChI is InChI=1S/C16H15F3N2O2S/c17-16(18,19)11-23-10-9-20-14(22)13-7-4-8-21-15(13)24-12-5-2-1-3-6-12/h1-8H,9-11H2,(H,20,22). The van der Waals surface area contributed by atoms with Gasteiger partial charge >= 0.3 is 6.18 Å². The van der Waals surface area contributed by atoms with Gasteiger partial charge in [-0.05, 0) is 24.3 Å². The van der Waals surface area contributed by atoms with Crippen LogP contribution in [-0.4, -0.2) is 36.8 Å². The number of rotatable bonds is 7. The third-order valence-corrected chi connectivity index (χ3v) is 3.80. The molecule has 8 heteroatoms. The molecule has 0 unspecified atom stereocenters. The van der Waals surface area contributed by atoms with Gasteiger partial charge in [-0.1, -0.05) is 30.0 Å². The Balaban J connectivity index is 1.90. The molecule has 0 bridgehead atoms. The summed E-state index contributed by atoms with van der Waals surface area (Å²) in [6.07, 6.45) is -2.79. The molecule has 1 heterocycles. The van der Waals surface area contributed by atoms with Crippen molar-refractivity contribution in [2.75, 3.05) is 19.8 Å². The molecule has 0 aliphatic carbocycles. The van der Waals surface area contributed by atoms with Crippen LogP contribution in [0.15, 0.2) is 58.6 Å². The largest absolute Gasteiger partial charge is 0.411 e. The number of ether oxygens (including phenoxy) is 1. The Labute approximate surface area is 141 Å². The topological polar surface area (TPSA) is 51.2 Å². The highest BCUT2D eigenvalue weighted by molar-refractivity contribution is 7.99. The van der Waals surface area contributed by atoms with E-state index in [1.165, 1.54) is 11.8 Å². The molecule has 1 amide bonds. The van der Waals surface area contributed by atoms with E-state index in [-0.39, 0.29) is 13.2 Å². The number of carbonyl (C=O) groups excluding carboxylic acids is 1. The van der Waals surface area contributed by atoms with E-state index in [1.807, 2.05) is 30.3 Å². The van der Waals surface area contributed by atoms with Crippen LogP contribution in [0.3, 0.4) is 0 Å². The number of alkyl halides is 3. The van der Waals surface area contributed by atoms with Gasteiger partial charge in [-0.15, -0.1) is 0 Å². The fourth-order valence-corrected chi connectivity index (χ4v) is 2.67. The number of benzene rings is 1. The van der Waals surface area contributed by atoms with Crippen LogP contribution >= 0.6 is 11.8 Å². The van der Waals surface area contributed by atoms with Crippen molar-refractivity contribution in [1.82, 2.24) is 10.3 Å². The summed E-state index contributed by atoms with van der Waals surface area (Å²) in [5, 5.41) is 3.05. The number of aromatic nitrogens is 1. The lowest BCUT2D eigenvalue weighted by Crippen LogP contribution is -2.29. The molecule has 2 rings (SSSR count). The van der Waals surface area contributed by atoms with Gasteiger partial charge in [-0.2, -0.15) is 13.2 Å². The lowest BCUT2D eigenvalue weighted by molar-refractivity contribution is -0.173. The van der Waals surface area contributed by atoms with Gasteiger partial charge in [0, 0.05) is 17.6 Å². The van der Waals surface area contributed by atoms with Gasteiger partial charge in [0.25, 0.3) is 5.91 Å². The highest BCUT2D eigenvalue weighted by atomic mass is 32.2. The van der Waals surface area contributed by atoms with Crippen molar-refractivity contribution in [3.05, 3.63) is 54.2 Å². The molecule has 1 aromatic heterocycles. The zero-order valence-corrected chi connectivity index (χ0v) is 13.4. The van der Waals surface area contributed by atoms with E-state index in [9.17, 15) is 18.0 Å². The van der Waals surface area contributed by atoms with Crippen molar-refractivity contribution in [3.63, 3.8) is 0 Å². The summed E-state index contributed by atoms with van der Waals surface area (Å²) in [7, 11) is 0. The number of hydrogen-bond donors (Lipinski definition) is 1. The molecule has 4 nitrogen and oxygen atoms in total. The van der Waals surface area contributed by atoms with E-state index in [4.69, 9.17) is 0 Å². The molecule has 1 aromatic carbocycles. The van der Waals surface area contributed by atoms with E-state index in [1.54, 1.807) is 18.3 Å². The van der Waals surface area contributed by atoms with Crippen LogP contribution in [0.4, 0.5) is 13.2 Å². The second kappa shape index (κ2) is 8.70. The number of nitrogens with one attached hydrogen (secondary N) is 1. The highest BCUT2D eigenvalue weighted by Gasteiger charge is 2.27. The SMILES string of the molecule is O=C(NCCOCC(F)(F)F)c1cccnc1Sc1ccccc1. The zero-order chi connectivity index (χ0) is 17.4. The Morgan fingerprint density at radius 2 is 1.92 bits per heavy atom. The molecule has 0 radical (unpaired) electrons. The van der Waals surface area contributed by atoms with E-state index in [0.717, 1.165) is 4.90 Å². The Hall–Kier alpha value is -2.06. The summed E-state index contributed by atoms with van der Waals surface area (Å²) in [5.74, 6) is -0.405. The number of amides is 1. The number of hydrogen-bond acceptors (Lipinski definition) is 4. The predicted octanol–water partition coefficient (Wildman–Crippen LogP) is 3.54. The van der Waals surface area contributed by atoms with E-state index >= 15 is 0 Å². The predicted molar refractivity (Wildman–Crippen MR) is 84.0 cm³/mol. The molecule has 0 fully saturated rings. The minimum Gasteiger partial charge on any atom is -0.370 e. The fraction of sp³-hybridized carbons (Fsp3) is 0.250. The van der Waals surface area contributed by atoms with Crippen molar-refractivity contribution >= 4 is 17.7 Å². The van der Waals surface area contributed by atoms with Crippen molar-refractivity contribution in [3.8, 4) is 0 Å². The number of nitrogens with zero attached hydrogens (tertiary/aromatic N) is 1. The van der Waals surface area contributed by atoms with Crippen LogP contribution in [0, 0.1) is 0 Å². The van der Waals surface area contributed by atoms with E-state index < -0.39 is 18.7 Å². The van der Waals surface area contributed by atoms with Crippen LogP contribution in [0.25, 0.3) is 0 Å². The zero-order valence-electron chi connectivity index (χ0n) is 12.5. The second-order valence-corrected chi connectivity index (χ2v) is 5.76. The highest BCUT2D eigenvalue weighted by Crippen LogP contribution is 2.28. The third-order valence-electron chi connectivity index (χ3n) is 2.77. The smallest absolute Gasteiger partial charge is 0.370 e. The lowest BCUT2D eigenvalue weighted by Gasteiger charge is -2.10. The Morgan fingerprint density at radius 1 is 1.17 bits per heavy atom. The van der Waals surface area contributed by atoms with Gasteiger partial charge < -0.3 is 10.1 Å². The summed E-state index contributed by atoms with van der Waals surface area (Å²) in [6.45, 7) is -1.56. The molecule has 1 N–H and O–H groups in total. The summed E-state index contributed by atoms with van der Waals surface area (Å²) in [6, 6.07) is 12.7. The van der Waals surface area contributed by atoms with Gasteiger partial charge in [0.15, 0.2) is 0 Å². The second-order valence-electron chi connectivity index (χ2n) is 4.69. The van der Waals surface area contributed by atoms with Gasteiger partial charge in [-0.25, -0.2) is 4.98 Å². The number of pyridine rings is 1. The molecule has 0 spiro atoms. The first kappa shape index (κ1) is 18.3. The molecule has 0 saturated carbocycles. The minimum atomic E-state index is -4.37. The van der Waals surface area contributed by atoms with E-state index in [0.29, 0.717) is 10.6 Å². The molecule has 0 saturated heterocycles. The van der Waals surface area contributed by atoms with Gasteiger partial charge in [0.05, 0.1) is 12.2 Å². The first-order valence-corrected chi connectivity index (χ1v) is 7.88. The first-order valence-electron chi connectivity index (χ1n) is 7.06. The maximum absolute atomic E-state index is 12.2. The maximum atomic E-state index is 12.2. The Kier molecular flexibility index (Phi) is 6.62. The van der Waals surface area contributed by atoms with Crippen LogP contribution in [0.1, 0.15) is 10.4 Å². The van der Waals surface area contributed by atoms with Gasteiger partial charge in [0.1, 0.15) is 11.6 Å². The molecule has 0 aliphatic heterocycles. The molecule has 2 aromatic rings. The van der Waals surface area contributed by atoms with Gasteiger partial charge in [0.2, 0.25) is 0 Å². The molecular weight excluding hydrogens is 341 g/mol. The fourth-order valence-electron chi connectivity index (χ4n) is 1.76. The molecular formula is C16H15F3N2O2S. The quantitative estimate of drug-likeness (QED) is 0.771. The van der Waals surface area contributed by atoms with Crippen LogP contribution in [-0.2, 0) is 4.74 Å². The van der Waals surface area contributed by atoms with Crippen LogP contribution in [0.2, 0.25) is 0 Å². The minimum absolute atomic E-state index is 0.0146. The molecule has 24 heavy (non-hydrogen) atoms. The summed E-state index contributed by atoms with van der Waals surface area (Å²) in [4.78, 5) is 17.3. The lowest BCUT2D eigenvalue weighted by atomic mass is 10.2. The summed E-state index contributed by atoms with van der Waals surface area (Å²) < 4.78 is 40.3. The number of halogens is 3. The maximum Gasteiger partial charge on any atom is 0.411 e. The molecule has 128 valence electrons. The Bertz CT molecular complexity index is 666. The van der Waals surface area contributed by atoms with Crippen LogP contribution in [0.5, 0.6) is 0 Å². The normalized spacial score (nSPS) is 11.3. The van der Waals surface area contributed by atoms with E-state index in [2.05, 4.69) is 15.0 Å². The summed E-state index contributed by atoms with van der Waals surface area (Å²) >= 11 is 1.34. The monoisotopic (exact) mass is 356 g/mol. The van der Waals surface area contributed by atoms with Gasteiger partial charge in [-0.3, -0.25) is 4.79 Å². The van der Waals surface area contributed by atoms with Crippen LogP contribution < -0.4 is 5.32 Å². The Morgan fingerprint density at radius 3 is 2.62 bits per heavy atom. The van der Waals surface area contributed by atoms with Crippen molar-refractivity contribution in [2.24, 2.45) is 0 Å². The van der Waals surface area contributed by atoms with Crippen molar-refractivity contribution in [1.29, 1.82) is 0 Å². The molecule has 0 atom stereocenters. The first-order chi connectivity index (χ1) is 11.5. The number of carbonyl (C=O) groups is 1. The third kappa shape index (κ3) is 6.21. The average Bonchev–Trinajstić information content (AvgIpc) is 2.55. The average molecular weight is 356 g/mol. The summed E-state index contributed by atoms with van der Waals surface area (Å²) in [5.41, 5.74) is 0.363. The van der Waals surface area contributed by atoms with Crippen molar-refractivity contribution < 1.29 is 22.7 Å². The van der Waals surface area contributed by atoms with Crippen molar-refractivity contribution in [2.45, 2.75) is 16.1 Å².